The maximum absolute atomic E-state index is 3.74. The Morgan fingerprint density at radius 2 is 1.65 bits per heavy atom. The lowest BCUT2D eigenvalue weighted by Crippen LogP contribution is -1.91. The van der Waals surface area contributed by atoms with Crippen molar-refractivity contribution in [3.05, 3.63) is 51.9 Å². The molecular weight excluding hydrogens is 564 g/mol. The van der Waals surface area contributed by atoms with E-state index in [1.165, 1.54) is 10.4 Å². The molecule has 17 heavy (non-hydrogen) atoms. The second-order valence-electron chi connectivity index (χ2n) is 3.30. The SMILES string of the molecule is Brc1ccc(Br)c(C(Br)c2cc(Br)c(Br)s2)c1. The first kappa shape index (κ1) is 14.7. The van der Waals surface area contributed by atoms with E-state index >= 15 is 0 Å². The molecule has 1 aromatic heterocycles. The van der Waals surface area contributed by atoms with Crippen molar-refractivity contribution in [2.24, 2.45) is 0 Å². The Morgan fingerprint density at radius 1 is 0.941 bits per heavy atom. The van der Waals surface area contributed by atoms with E-state index in [1.807, 2.05) is 12.1 Å². The van der Waals surface area contributed by atoms with Gasteiger partial charge in [0.15, 0.2) is 0 Å². The second kappa shape index (κ2) is 6.18. The van der Waals surface area contributed by atoms with Gasteiger partial charge in [0.05, 0.1) is 8.61 Å². The maximum atomic E-state index is 3.74. The van der Waals surface area contributed by atoms with Gasteiger partial charge in [0.25, 0.3) is 0 Å². The Balaban J connectivity index is 2.42. The second-order valence-corrected chi connectivity index (χ2v) is 9.24. The Morgan fingerprint density at radius 3 is 2.24 bits per heavy atom. The highest BCUT2D eigenvalue weighted by atomic mass is 79.9. The summed E-state index contributed by atoms with van der Waals surface area (Å²) in [5.74, 6) is 0. The number of thiophene rings is 1. The first-order valence-corrected chi connectivity index (χ1v) is 9.43. The van der Waals surface area contributed by atoms with E-state index in [-0.39, 0.29) is 4.83 Å². The minimum absolute atomic E-state index is 0.182. The number of hydrogen-bond acceptors (Lipinski definition) is 1. The summed E-state index contributed by atoms with van der Waals surface area (Å²) in [4.78, 5) is 1.43. The van der Waals surface area contributed by atoms with Gasteiger partial charge in [0.2, 0.25) is 0 Å². The summed E-state index contributed by atoms with van der Waals surface area (Å²) in [7, 11) is 0. The van der Waals surface area contributed by atoms with Crippen molar-refractivity contribution >= 4 is 91.0 Å². The van der Waals surface area contributed by atoms with Crippen molar-refractivity contribution < 1.29 is 0 Å². The molecule has 1 aromatic carbocycles. The lowest BCUT2D eigenvalue weighted by Gasteiger charge is -2.10. The molecule has 1 unspecified atom stereocenters. The highest BCUT2D eigenvalue weighted by Crippen LogP contribution is 2.43. The van der Waals surface area contributed by atoms with Crippen molar-refractivity contribution in [2.45, 2.75) is 4.83 Å². The van der Waals surface area contributed by atoms with Gasteiger partial charge in [-0.25, -0.2) is 0 Å². The number of hydrogen-bond donors (Lipinski definition) is 0. The van der Waals surface area contributed by atoms with Gasteiger partial charge in [-0.15, -0.1) is 11.3 Å². The molecule has 0 saturated carbocycles. The highest BCUT2D eigenvalue weighted by Gasteiger charge is 2.17. The highest BCUT2D eigenvalue weighted by molar-refractivity contribution is 9.13. The lowest BCUT2D eigenvalue weighted by atomic mass is 10.1. The summed E-state index contributed by atoms with van der Waals surface area (Å²) in [6.07, 6.45) is 0. The third-order valence-corrected chi connectivity index (χ3v) is 7.97. The van der Waals surface area contributed by atoms with Crippen LogP contribution in [0.5, 0.6) is 0 Å². The fourth-order valence-electron chi connectivity index (χ4n) is 1.35. The summed E-state index contributed by atoms with van der Waals surface area (Å²) in [5, 5.41) is 0. The van der Waals surface area contributed by atoms with Crippen LogP contribution < -0.4 is 0 Å². The predicted octanol–water partition coefficient (Wildman–Crippen LogP) is 7.28. The molecule has 1 atom stereocenters. The van der Waals surface area contributed by atoms with Gasteiger partial charge in [-0.05, 0) is 61.7 Å². The number of halogens is 5. The van der Waals surface area contributed by atoms with Gasteiger partial charge in [-0.2, -0.15) is 0 Å². The van der Waals surface area contributed by atoms with Gasteiger partial charge < -0.3 is 0 Å². The van der Waals surface area contributed by atoms with Crippen LogP contribution in [0.2, 0.25) is 0 Å². The number of rotatable bonds is 2. The molecule has 90 valence electrons. The molecule has 1 heterocycles. The standard InChI is InChI=1S/C11H5Br5S/c12-5-1-2-7(13)6(3-5)10(15)9-4-8(14)11(16)17-9/h1-4,10H. The van der Waals surface area contributed by atoms with E-state index in [0.717, 1.165) is 17.2 Å². The smallest absolute Gasteiger partial charge is 0.0843 e. The average Bonchev–Trinajstić information content (AvgIpc) is 2.62. The number of benzene rings is 1. The van der Waals surface area contributed by atoms with Crippen LogP contribution in [-0.4, -0.2) is 0 Å². The van der Waals surface area contributed by atoms with E-state index < -0.39 is 0 Å². The summed E-state index contributed by atoms with van der Waals surface area (Å²) < 4.78 is 4.38. The zero-order valence-corrected chi connectivity index (χ0v) is 16.9. The van der Waals surface area contributed by atoms with Gasteiger partial charge in [-0.3, -0.25) is 0 Å². The summed E-state index contributed by atoms with van der Waals surface area (Å²) in [6.45, 7) is 0. The summed E-state index contributed by atoms with van der Waals surface area (Å²) >= 11 is 19.6. The molecular formula is C11H5Br5S. The third kappa shape index (κ3) is 3.45. The Kier molecular flexibility index (Phi) is 5.35. The van der Waals surface area contributed by atoms with Crippen LogP contribution in [0.3, 0.4) is 0 Å². The Hall–Kier alpha value is 1.32. The first-order chi connectivity index (χ1) is 7.99. The van der Waals surface area contributed by atoms with Gasteiger partial charge in [0, 0.05) is 18.3 Å². The molecule has 2 aromatic rings. The summed E-state index contributed by atoms with van der Waals surface area (Å²) in [6, 6.07) is 8.31. The molecule has 0 fully saturated rings. The van der Waals surface area contributed by atoms with E-state index in [0.29, 0.717) is 0 Å². The molecule has 0 aliphatic heterocycles. The maximum Gasteiger partial charge on any atom is 0.0843 e. The normalized spacial score (nSPS) is 12.8. The molecule has 0 aliphatic rings. The zero-order valence-electron chi connectivity index (χ0n) is 8.18. The molecule has 0 nitrogen and oxygen atoms in total. The van der Waals surface area contributed by atoms with E-state index in [9.17, 15) is 0 Å². The van der Waals surface area contributed by atoms with Crippen LogP contribution in [0.25, 0.3) is 0 Å². The Bertz CT molecular complexity index is 529. The first-order valence-electron chi connectivity index (χ1n) is 4.53. The molecule has 0 bridgehead atoms. The Labute approximate surface area is 146 Å². The lowest BCUT2D eigenvalue weighted by molar-refractivity contribution is 1.20. The predicted molar refractivity (Wildman–Crippen MR) is 92.3 cm³/mol. The van der Waals surface area contributed by atoms with Gasteiger partial charge in [0.1, 0.15) is 0 Å². The van der Waals surface area contributed by atoms with Crippen molar-refractivity contribution in [2.75, 3.05) is 0 Å². The van der Waals surface area contributed by atoms with Crippen LogP contribution >= 0.6 is 91.0 Å². The quantitative estimate of drug-likeness (QED) is 0.334. The third-order valence-electron chi connectivity index (χ3n) is 2.15. The molecule has 6 heteroatoms. The fraction of sp³-hybridized carbons (Fsp3) is 0.0909. The fourth-order valence-corrected chi connectivity index (χ4v) is 5.39. The van der Waals surface area contributed by atoms with E-state index in [1.54, 1.807) is 11.3 Å². The monoisotopic (exact) mass is 564 g/mol. The van der Waals surface area contributed by atoms with Crippen molar-refractivity contribution in [1.82, 2.24) is 0 Å². The molecule has 0 radical (unpaired) electrons. The molecule has 2 rings (SSSR count). The average molecular weight is 569 g/mol. The minimum Gasteiger partial charge on any atom is -0.131 e. The van der Waals surface area contributed by atoms with Crippen LogP contribution in [-0.2, 0) is 0 Å². The van der Waals surface area contributed by atoms with Crippen LogP contribution in [0.1, 0.15) is 15.3 Å². The van der Waals surface area contributed by atoms with Crippen molar-refractivity contribution in [3.63, 3.8) is 0 Å². The minimum atomic E-state index is 0.182. The summed E-state index contributed by atoms with van der Waals surface area (Å²) in [5.41, 5.74) is 1.21. The molecule has 0 spiro atoms. The topological polar surface area (TPSA) is 0 Å². The van der Waals surface area contributed by atoms with Crippen molar-refractivity contribution in [1.29, 1.82) is 0 Å². The zero-order chi connectivity index (χ0) is 12.6. The van der Waals surface area contributed by atoms with Crippen LogP contribution in [0, 0.1) is 0 Å². The van der Waals surface area contributed by atoms with E-state index in [4.69, 9.17) is 0 Å². The van der Waals surface area contributed by atoms with Crippen LogP contribution in [0.15, 0.2) is 41.5 Å². The van der Waals surface area contributed by atoms with Crippen molar-refractivity contribution in [3.8, 4) is 0 Å². The van der Waals surface area contributed by atoms with Gasteiger partial charge >= 0.3 is 0 Å². The molecule has 0 saturated heterocycles. The molecule has 0 N–H and O–H groups in total. The number of alkyl halides is 1. The molecule has 0 aliphatic carbocycles. The van der Waals surface area contributed by atoms with Gasteiger partial charge in [-0.1, -0.05) is 47.8 Å². The van der Waals surface area contributed by atoms with E-state index in [2.05, 4.69) is 91.8 Å². The molecule has 0 amide bonds. The van der Waals surface area contributed by atoms with Crippen LogP contribution in [0.4, 0.5) is 0 Å². The largest absolute Gasteiger partial charge is 0.131 e.